The second-order valence-corrected chi connectivity index (χ2v) is 7.17. The fourth-order valence-electron chi connectivity index (χ4n) is 4.40. The molecular formula is C18H33N3O3. The molecule has 2 fully saturated rings. The molecule has 24 heavy (non-hydrogen) atoms. The predicted molar refractivity (Wildman–Crippen MR) is 93.6 cm³/mol. The molecule has 0 bridgehead atoms. The average molecular weight is 339 g/mol. The van der Waals surface area contributed by atoms with E-state index in [0.29, 0.717) is 32.2 Å². The summed E-state index contributed by atoms with van der Waals surface area (Å²) in [5, 5.41) is 3.55. The molecule has 2 amide bonds. The third kappa shape index (κ3) is 3.45. The number of methoxy groups -OCH3 is 1. The van der Waals surface area contributed by atoms with E-state index < -0.39 is 0 Å². The lowest BCUT2D eigenvalue weighted by Crippen LogP contribution is -2.66. The van der Waals surface area contributed by atoms with Crippen molar-refractivity contribution in [2.24, 2.45) is 5.41 Å². The normalized spacial score (nSPS) is 27.5. The first-order valence-corrected chi connectivity index (χ1v) is 9.22. The highest BCUT2D eigenvalue weighted by Gasteiger charge is 2.53. The summed E-state index contributed by atoms with van der Waals surface area (Å²) in [6.07, 6.45) is 3.36. The van der Waals surface area contributed by atoms with Gasteiger partial charge in [-0.3, -0.25) is 9.59 Å². The number of rotatable bonds is 6. The van der Waals surface area contributed by atoms with Gasteiger partial charge in [-0.2, -0.15) is 0 Å². The number of ether oxygens (including phenoxy) is 1. The van der Waals surface area contributed by atoms with Crippen molar-refractivity contribution >= 4 is 11.8 Å². The van der Waals surface area contributed by atoms with Gasteiger partial charge in [0.25, 0.3) is 0 Å². The molecule has 6 heteroatoms. The molecule has 1 N–H and O–H groups in total. The van der Waals surface area contributed by atoms with Gasteiger partial charge in [-0.1, -0.05) is 13.8 Å². The number of carbonyl (C=O) groups is 2. The quantitative estimate of drug-likeness (QED) is 0.791. The summed E-state index contributed by atoms with van der Waals surface area (Å²) in [6.45, 7) is 10.5. The van der Waals surface area contributed by atoms with Gasteiger partial charge < -0.3 is 19.9 Å². The van der Waals surface area contributed by atoms with Crippen molar-refractivity contribution in [2.75, 3.05) is 33.3 Å². The molecule has 0 spiro atoms. The Morgan fingerprint density at radius 2 is 1.71 bits per heavy atom. The van der Waals surface area contributed by atoms with E-state index in [9.17, 15) is 9.59 Å². The molecule has 2 rings (SSSR count). The van der Waals surface area contributed by atoms with E-state index in [1.54, 1.807) is 18.9 Å². The molecule has 1 aliphatic heterocycles. The third-order valence-electron chi connectivity index (χ3n) is 6.24. The van der Waals surface area contributed by atoms with Crippen molar-refractivity contribution < 1.29 is 14.3 Å². The first kappa shape index (κ1) is 19.2. The fraction of sp³-hybridized carbons (Fsp3) is 0.889. The van der Waals surface area contributed by atoms with Crippen molar-refractivity contribution in [3.05, 3.63) is 0 Å². The van der Waals surface area contributed by atoms with E-state index in [1.165, 1.54) is 0 Å². The SMILES string of the molecule is CCC1(CC)[C@@H](OC)C[C@H]1N[C@H](C)C(=O)N1CCN(C(C)=O)CC1. The summed E-state index contributed by atoms with van der Waals surface area (Å²) < 4.78 is 5.63. The van der Waals surface area contributed by atoms with Gasteiger partial charge in [0.15, 0.2) is 0 Å². The minimum absolute atomic E-state index is 0.0871. The van der Waals surface area contributed by atoms with E-state index >= 15 is 0 Å². The van der Waals surface area contributed by atoms with Crippen LogP contribution in [0.4, 0.5) is 0 Å². The highest BCUT2D eigenvalue weighted by molar-refractivity contribution is 5.82. The van der Waals surface area contributed by atoms with Crippen LogP contribution >= 0.6 is 0 Å². The van der Waals surface area contributed by atoms with Gasteiger partial charge in [0.2, 0.25) is 11.8 Å². The largest absolute Gasteiger partial charge is 0.381 e. The lowest BCUT2D eigenvalue weighted by molar-refractivity contribution is -0.144. The first-order valence-electron chi connectivity index (χ1n) is 9.22. The second-order valence-electron chi connectivity index (χ2n) is 7.17. The summed E-state index contributed by atoms with van der Waals surface area (Å²) in [5.41, 5.74) is 0.136. The van der Waals surface area contributed by atoms with Gasteiger partial charge in [-0.25, -0.2) is 0 Å². The van der Waals surface area contributed by atoms with Gasteiger partial charge in [0, 0.05) is 51.7 Å². The Labute approximate surface area is 145 Å². The highest BCUT2D eigenvalue weighted by Crippen LogP contribution is 2.48. The average Bonchev–Trinajstić information content (AvgIpc) is 2.58. The van der Waals surface area contributed by atoms with Crippen LogP contribution in [0.25, 0.3) is 0 Å². The maximum Gasteiger partial charge on any atom is 0.239 e. The first-order chi connectivity index (χ1) is 11.4. The number of hydrogen-bond donors (Lipinski definition) is 1. The number of piperazine rings is 1. The summed E-state index contributed by atoms with van der Waals surface area (Å²) >= 11 is 0. The van der Waals surface area contributed by atoms with E-state index in [4.69, 9.17) is 4.74 Å². The minimum Gasteiger partial charge on any atom is -0.381 e. The van der Waals surface area contributed by atoms with E-state index in [1.807, 2.05) is 11.8 Å². The molecule has 1 saturated carbocycles. The maximum atomic E-state index is 12.7. The molecule has 1 saturated heterocycles. The van der Waals surface area contributed by atoms with Crippen molar-refractivity contribution in [1.29, 1.82) is 0 Å². The van der Waals surface area contributed by atoms with Crippen LogP contribution in [0.2, 0.25) is 0 Å². The van der Waals surface area contributed by atoms with Gasteiger partial charge in [0.1, 0.15) is 0 Å². The van der Waals surface area contributed by atoms with Crippen LogP contribution < -0.4 is 5.32 Å². The molecule has 2 aliphatic rings. The van der Waals surface area contributed by atoms with E-state index in [0.717, 1.165) is 19.3 Å². The Morgan fingerprint density at radius 3 is 2.17 bits per heavy atom. The van der Waals surface area contributed by atoms with Crippen LogP contribution in [-0.2, 0) is 14.3 Å². The highest BCUT2D eigenvalue weighted by atomic mass is 16.5. The number of nitrogens with zero attached hydrogens (tertiary/aromatic N) is 2. The Morgan fingerprint density at radius 1 is 1.17 bits per heavy atom. The smallest absolute Gasteiger partial charge is 0.239 e. The number of amides is 2. The fourth-order valence-corrected chi connectivity index (χ4v) is 4.40. The Hall–Kier alpha value is -1.14. The molecule has 0 aromatic carbocycles. The van der Waals surface area contributed by atoms with Crippen LogP contribution in [0.15, 0.2) is 0 Å². The molecule has 1 heterocycles. The summed E-state index contributed by atoms with van der Waals surface area (Å²) in [7, 11) is 1.78. The van der Waals surface area contributed by atoms with Crippen molar-refractivity contribution in [3.63, 3.8) is 0 Å². The van der Waals surface area contributed by atoms with E-state index in [-0.39, 0.29) is 29.4 Å². The zero-order valence-corrected chi connectivity index (χ0v) is 15.8. The molecular weight excluding hydrogens is 306 g/mol. The molecule has 0 unspecified atom stereocenters. The minimum atomic E-state index is -0.200. The van der Waals surface area contributed by atoms with Gasteiger partial charge in [0.05, 0.1) is 12.1 Å². The molecule has 0 aromatic heterocycles. The zero-order valence-electron chi connectivity index (χ0n) is 15.8. The number of carbonyl (C=O) groups excluding carboxylic acids is 2. The molecule has 0 radical (unpaired) electrons. The maximum absolute atomic E-state index is 12.7. The summed E-state index contributed by atoms with van der Waals surface area (Å²) in [4.78, 5) is 27.8. The van der Waals surface area contributed by atoms with Crippen LogP contribution in [0.3, 0.4) is 0 Å². The van der Waals surface area contributed by atoms with Gasteiger partial charge >= 0.3 is 0 Å². The second kappa shape index (κ2) is 7.83. The lowest BCUT2D eigenvalue weighted by Gasteiger charge is -2.56. The van der Waals surface area contributed by atoms with Crippen LogP contribution in [0.5, 0.6) is 0 Å². The van der Waals surface area contributed by atoms with Crippen LogP contribution in [0.1, 0.15) is 47.0 Å². The Kier molecular flexibility index (Phi) is 6.26. The van der Waals surface area contributed by atoms with Gasteiger partial charge in [-0.15, -0.1) is 0 Å². The number of hydrogen-bond acceptors (Lipinski definition) is 4. The molecule has 6 nitrogen and oxygen atoms in total. The Balaban J connectivity index is 1.89. The van der Waals surface area contributed by atoms with Crippen LogP contribution in [0, 0.1) is 5.41 Å². The standard InChI is InChI=1S/C18H33N3O3/c1-6-18(7-2)15(12-16(18)24-5)19-13(3)17(23)21-10-8-20(9-11-21)14(4)22/h13,15-16,19H,6-12H2,1-5H3/t13-,15-,16+/m1/s1. The van der Waals surface area contributed by atoms with Crippen molar-refractivity contribution in [2.45, 2.75) is 65.1 Å². The molecule has 0 aromatic rings. The molecule has 1 aliphatic carbocycles. The monoisotopic (exact) mass is 339 g/mol. The third-order valence-corrected chi connectivity index (χ3v) is 6.24. The molecule has 3 atom stereocenters. The lowest BCUT2D eigenvalue weighted by atomic mass is 9.58. The number of nitrogens with one attached hydrogen (secondary N) is 1. The molecule has 138 valence electrons. The van der Waals surface area contributed by atoms with Gasteiger partial charge in [-0.05, 0) is 26.2 Å². The van der Waals surface area contributed by atoms with Crippen molar-refractivity contribution in [1.82, 2.24) is 15.1 Å². The van der Waals surface area contributed by atoms with E-state index in [2.05, 4.69) is 19.2 Å². The zero-order chi connectivity index (χ0) is 17.9. The summed E-state index contributed by atoms with van der Waals surface area (Å²) in [5.74, 6) is 0.226. The topological polar surface area (TPSA) is 61.9 Å². The van der Waals surface area contributed by atoms with Crippen molar-refractivity contribution in [3.8, 4) is 0 Å². The summed E-state index contributed by atoms with van der Waals surface area (Å²) in [6, 6.07) is 0.129. The predicted octanol–water partition coefficient (Wildman–Crippen LogP) is 1.25. The van der Waals surface area contributed by atoms with Crippen LogP contribution in [-0.4, -0.2) is 73.1 Å². The Bertz CT molecular complexity index is 456.